The molecule has 170 valence electrons. The van der Waals surface area contributed by atoms with E-state index in [1.54, 1.807) is 26.4 Å². The van der Waals surface area contributed by atoms with Crippen LogP contribution in [0.3, 0.4) is 0 Å². The van der Waals surface area contributed by atoms with Gasteiger partial charge >= 0.3 is 0 Å². The molecular weight excluding hydrogens is 424 g/mol. The molecule has 3 aromatic rings. The van der Waals surface area contributed by atoms with Crippen molar-refractivity contribution in [3.63, 3.8) is 0 Å². The van der Waals surface area contributed by atoms with Crippen LogP contribution in [0.4, 0.5) is 20.3 Å². The number of rotatable bonds is 12. The molecule has 0 atom stereocenters. The standard InChI is InChI=1S/C22H23F2N3O5/c1-29-5-7-31-19-10-17-18(11-20(19)32-8-6-30-2)25-13-26-22(17)27-15-3-4-16(21(23)24)14(9-15)12-28/h3-4,9-13,21H,5-8H2,1-2H3,(H,25,26,27). The Morgan fingerprint density at radius 3 is 2.28 bits per heavy atom. The molecule has 8 nitrogen and oxygen atoms in total. The quantitative estimate of drug-likeness (QED) is 0.327. The fourth-order valence-electron chi connectivity index (χ4n) is 2.95. The Labute approximate surface area is 183 Å². The molecule has 0 spiro atoms. The number of ether oxygens (including phenoxy) is 4. The molecule has 0 aliphatic heterocycles. The van der Waals surface area contributed by atoms with Crippen molar-refractivity contribution in [3.8, 4) is 11.5 Å². The molecular formula is C22H23F2N3O5. The summed E-state index contributed by atoms with van der Waals surface area (Å²) in [5, 5.41) is 3.67. The zero-order valence-corrected chi connectivity index (χ0v) is 17.6. The lowest BCUT2D eigenvalue weighted by atomic mass is 10.1. The van der Waals surface area contributed by atoms with E-state index in [1.807, 2.05) is 0 Å². The Kier molecular flexibility index (Phi) is 8.23. The number of nitrogens with zero attached hydrogens (tertiary/aromatic N) is 2. The Morgan fingerprint density at radius 2 is 1.66 bits per heavy atom. The van der Waals surface area contributed by atoms with Crippen LogP contribution in [0.15, 0.2) is 36.7 Å². The topological polar surface area (TPSA) is 91.8 Å². The van der Waals surface area contributed by atoms with E-state index < -0.39 is 6.43 Å². The predicted octanol–water partition coefficient (Wildman–Crippen LogP) is 4.17. The van der Waals surface area contributed by atoms with Gasteiger partial charge in [-0.2, -0.15) is 0 Å². The molecule has 1 heterocycles. The molecule has 10 heteroatoms. The van der Waals surface area contributed by atoms with Gasteiger partial charge in [-0.25, -0.2) is 18.7 Å². The number of aromatic nitrogens is 2. The zero-order chi connectivity index (χ0) is 22.9. The van der Waals surface area contributed by atoms with Crippen LogP contribution in [0.25, 0.3) is 10.9 Å². The first-order valence-electron chi connectivity index (χ1n) is 9.74. The molecule has 32 heavy (non-hydrogen) atoms. The SMILES string of the molecule is COCCOc1cc2ncnc(Nc3ccc(C(F)F)c(C=O)c3)c2cc1OCCOC. The first kappa shape index (κ1) is 23.3. The highest BCUT2D eigenvalue weighted by atomic mass is 19.3. The van der Waals surface area contributed by atoms with Crippen LogP contribution < -0.4 is 14.8 Å². The molecule has 0 amide bonds. The lowest BCUT2D eigenvalue weighted by molar-refractivity contribution is 0.110. The largest absolute Gasteiger partial charge is 0.487 e. The molecule has 0 aliphatic rings. The van der Waals surface area contributed by atoms with E-state index in [9.17, 15) is 13.6 Å². The maximum absolute atomic E-state index is 13.1. The van der Waals surface area contributed by atoms with Gasteiger partial charge in [0.25, 0.3) is 6.43 Å². The minimum Gasteiger partial charge on any atom is -0.487 e. The molecule has 0 bridgehead atoms. The Morgan fingerprint density at radius 1 is 0.969 bits per heavy atom. The van der Waals surface area contributed by atoms with Gasteiger partial charge in [0.05, 0.1) is 18.7 Å². The summed E-state index contributed by atoms with van der Waals surface area (Å²) in [5.74, 6) is 1.36. The van der Waals surface area contributed by atoms with Gasteiger partial charge in [-0.15, -0.1) is 0 Å². The number of hydrogen-bond donors (Lipinski definition) is 1. The van der Waals surface area contributed by atoms with Gasteiger partial charge in [0.2, 0.25) is 0 Å². The van der Waals surface area contributed by atoms with Crippen molar-refractivity contribution in [1.29, 1.82) is 0 Å². The summed E-state index contributed by atoms with van der Waals surface area (Å²) in [6.07, 6.45) is -0.980. The number of anilines is 2. The number of alkyl halides is 2. The van der Waals surface area contributed by atoms with Crippen molar-refractivity contribution in [2.75, 3.05) is 46.0 Å². The number of hydrogen-bond acceptors (Lipinski definition) is 8. The van der Waals surface area contributed by atoms with Crippen molar-refractivity contribution in [2.45, 2.75) is 6.43 Å². The van der Waals surface area contributed by atoms with Crippen LogP contribution in [0, 0.1) is 0 Å². The van der Waals surface area contributed by atoms with Crippen molar-refractivity contribution < 1.29 is 32.5 Å². The highest BCUT2D eigenvalue weighted by molar-refractivity contribution is 5.93. The number of carbonyl (C=O) groups is 1. The molecule has 1 aromatic heterocycles. The maximum Gasteiger partial charge on any atom is 0.264 e. The molecule has 3 rings (SSSR count). The van der Waals surface area contributed by atoms with Gasteiger partial charge in [0.15, 0.2) is 17.8 Å². The second-order valence-electron chi connectivity index (χ2n) is 6.61. The molecule has 0 saturated carbocycles. The molecule has 1 N–H and O–H groups in total. The fraction of sp³-hybridized carbons (Fsp3) is 0.318. The Bertz CT molecular complexity index is 1070. The van der Waals surface area contributed by atoms with E-state index in [-0.39, 0.29) is 11.1 Å². The van der Waals surface area contributed by atoms with E-state index in [2.05, 4.69) is 15.3 Å². The summed E-state index contributed by atoms with van der Waals surface area (Å²) in [6, 6.07) is 7.46. The van der Waals surface area contributed by atoms with E-state index >= 15 is 0 Å². The smallest absolute Gasteiger partial charge is 0.264 e. The van der Waals surface area contributed by atoms with Crippen LogP contribution >= 0.6 is 0 Å². The Hall–Kier alpha value is -3.37. The molecule has 0 unspecified atom stereocenters. The van der Waals surface area contributed by atoms with Crippen LogP contribution in [-0.4, -0.2) is 56.9 Å². The number of methoxy groups -OCH3 is 2. The molecule has 0 saturated heterocycles. The second kappa shape index (κ2) is 11.3. The average Bonchev–Trinajstić information content (AvgIpc) is 2.79. The fourth-order valence-corrected chi connectivity index (χ4v) is 2.95. The van der Waals surface area contributed by atoms with Crippen molar-refractivity contribution >= 4 is 28.7 Å². The van der Waals surface area contributed by atoms with Crippen LogP contribution in [0.2, 0.25) is 0 Å². The summed E-state index contributed by atoms with van der Waals surface area (Å²) >= 11 is 0. The van der Waals surface area contributed by atoms with Gasteiger partial charge in [0, 0.05) is 42.5 Å². The summed E-state index contributed by atoms with van der Waals surface area (Å²) < 4.78 is 47.7. The normalized spacial score (nSPS) is 11.0. The van der Waals surface area contributed by atoms with Gasteiger partial charge in [-0.3, -0.25) is 4.79 Å². The van der Waals surface area contributed by atoms with Crippen LogP contribution in [0.5, 0.6) is 11.5 Å². The summed E-state index contributed by atoms with van der Waals surface area (Å²) in [7, 11) is 3.15. The summed E-state index contributed by atoms with van der Waals surface area (Å²) in [4.78, 5) is 19.8. The van der Waals surface area contributed by atoms with Crippen molar-refractivity contribution in [3.05, 3.63) is 47.8 Å². The maximum atomic E-state index is 13.1. The highest BCUT2D eigenvalue weighted by Gasteiger charge is 2.15. The number of aldehydes is 1. The third-order valence-corrected chi connectivity index (χ3v) is 4.50. The van der Waals surface area contributed by atoms with Crippen LogP contribution in [0.1, 0.15) is 22.3 Å². The highest BCUT2D eigenvalue weighted by Crippen LogP contribution is 2.35. The average molecular weight is 447 g/mol. The lowest BCUT2D eigenvalue weighted by Gasteiger charge is -2.15. The second-order valence-corrected chi connectivity index (χ2v) is 6.61. The summed E-state index contributed by atoms with van der Waals surface area (Å²) in [5.41, 5.74) is 0.582. The molecule has 0 fully saturated rings. The predicted molar refractivity (Wildman–Crippen MR) is 114 cm³/mol. The van der Waals surface area contributed by atoms with Crippen LogP contribution in [-0.2, 0) is 9.47 Å². The number of carbonyl (C=O) groups excluding carboxylic acids is 1. The first-order valence-corrected chi connectivity index (χ1v) is 9.74. The van der Waals surface area contributed by atoms with E-state index in [0.29, 0.717) is 66.6 Å². The lowest BCUT2D eigenvalue weighted by Crippen LogP contribution is -2.09. The molecule has 2 aromatic carbocycles. The van der Waals surface area contributed by atoms with E-state index in [0.717, 1.165) is 0 Å². The third kappa shape index (κ3) is 5.65. The van der Waals surface area contributed by atoms with Gasteiger partial charge in [0.1, 0.15) is 25.4 Å². The number of benzene rings is 2. The van der Waals surface area contributed by atoms with Gasteiger partial charge < -0.3 is 24.3 Å². The number of nitrogens with one attached hydrogen (secondary N) is 1. The van der Waals surface area contributed by atoms with Gasteiger partial charge in [-0.1, -0.05) is 6.07 Å². The van der Waals surface area contributed by atoms with E-state index in [1.165, 1.54) is 24.5 Å². The third-order valence-electron chi connectivity index (χ3n) is 4.50. The Balaban J connectivity index is 1.96. The minimum atomic E-state index is -2.74. The molecule has 0 radical (unpaired) electrons. The van der Waals surface area contributed by atoms with E-state index in [4.69, 9.17) is 18.9 Å². The number of fused-ring (bicyclic) bond motifs is 1. The monoisotopic (exact) mass is 447 g/mol. The first-order chi connectivity index (χ1) is 15.6. The number of halogens is 2. The van der Waals surface area contributed by atoms with Crippen molar-refractivity contribution in [1.82, 2.24) is 9.97 Å². The van der Waals surface area contributed by atoms with Gasteiger partial charge in [-0.05, 0) is 18.2 Å². The summed E-state index contributed by atoms with van der Waals surface area (Å²) in [6.45, 7) is 1.41. The zero-order valence-electron chi connectivity index (χ0n) is 17.6. The minimum absolute atomic E-state index is 0.0965. The van der Waals surface area contributed by atoms with Crippen molar-refractivity contribution in [2.24, 2.45) is 0 Å². The molecule has 0 aliphatic carbocycles.